The van der Waals surface area contributed by atoms with Crippen LogP contribution in [0, 0.1) is 0 Å². The van der Waals surface area contributed by atoms with Crippen LogP contribution in [0.1, 0.15) is 200 Å². The quantitative estimate of drug-likeness (QED) is 0.0217. The molecule has 0 heterocycles. The van der Waals surface area contributed by atoms with Gasteiger partial charge in [0.2, 0.25) is 0 Å². The molecule has 0 amide bonds. The van der Waals surface area contributed by atoms with E-state index in [-0.39, 0.29) is 25.8 Å². The third-order valence-electron chi connectivity index (χ3n) is 9.77. The highest BCUT2D eigenvalue weighted by Gasteiger charge is 2.26. The molecule has 0 aromatic rings. The highest BCUT2D eigenvalue weighted by Crippen LogP contribution is 2.43. The molecule has 9 heteroatoms. The second-order valence-corrected chi connectivity index (χ2v) is 17.9. The molecule has 1 N–H and O–H groups in total. The number of allylic oxidation sites excluding steroid dienone is 4. The van der Waals surface area contributed by atoms with Gasteiger partial charge < -0.3 is 18.9 Å². The van der Waals surface area contributed by atoms with Crippen LogP contribution in [0.3, 0.4) is 0 Å². The molecule has 0 aliphatic carbocycles. The van der Waals surface area contributed by atoms with Gasteiger partial charge in [-0.25, -0.2) is 4.57 Å². The molecular weight excluding hydrogens is 697 g/mol. The zero-order valence-corrected chi connectivity index (χ0v) is 37.1. The maximum Gasteiger partial charge on any atom is 0.472 e. The molecule has 0 aromatic carbocycles. The van der Waals surface area contributed by atoms with Gasteiger partial charge >= 0.3 is 13.8 Å². The molecule has 0 fully saturated rings. The number of carbonyl (C=O) groups excluding carboxylic acids is 1. The van der Waals surface area contributed by atoms with Crippen LogP contribution in [-0.4, -0.2) is 75.6 Å². The van der Waals surface area contributed by atoms with Crippen molar-refractivity contribution >= 4 is 13.8 Å². The van der Waals surface area contributed by atoms with Gasteiger partial charge in [0.05, 0.1) is 34.4 Å². The van der Waals surface area contributed by atoms with Crippen molar-refractivity contribution in [3.05, 3.63) is 24.3 Å². The first-order valence-electron chi connectivity index (χ1n) is 22.6. The van der Waals surface area contributed by atoms with Crippen LogP contribution < -0.4 is 0 Å². The Hall–Kier alpha value is -1.02. The van der Waals surface area contributed by atoms with Crippen molar-refractivity contribution in [1.29, 1.82) is 0 Å². The normalized spacial score (nSPS) is 14.0. The third-order valence-corrected chi connectivity index (χ3v) is 10.7. The van der Waals surface area contributed by atoms with E-state index in [4.69, 9.17) is 18.5 Å². The molecule has 0 spiro atoms. The van der Waals surface area contributed by atoms with Gasteiger partial charge in [-0.2, -0.15) is 0 Å². The average molecular weight is 787 g/mol. The fraction of sp³-hybridized carbons (Fsp3) is 0.889. The first-order valence-corrected chi connectivity index (χ1v) is 24.1. The Morgan fingerprint density at radius 2 is 1.02 bits per heavy atom. The molecule has 0 aliphatic heterocycles. The number of unbranched alkanes of at least 4 members (excludes halogenated alkanes) is 24. The Morgan fingerprint density at radius 1 is 0.574 bits per heavy atom. The molecule has 0 saturated heterocycles. The molecule has 0 rings (SSSR count). The summed E-state index contributed by atoms with van der Waals surface area (Å²) in [7, 11) is 1.67. The highest BCUT2D eigenvalue weighted by molar-refractivity contribution is 7.47. The summed E-state index contributed by atoms with van der Waals surface area (Å²) in [6, 6.07) is 0. The van der Waals surface area contributed by atoms with E-state index in [2.05, 4.69) is 38.2 Å². The number of quaternary nitrogens is 1. The van der Waals surface area contributed by atoms with Crippen LogP contribution in [0.4, 0.5) is 0 Å². The standard InChI is InChI=1S/C45H88NO7P/c1-6-8-10-12-14-16-18-20-22-23-24-25-26-28-30-32-34-36-38-45(47)53-44(43-52-54(48,49)51-41-39-46(3,4)5)42-50-40-37-35-33-31-29-27-21-19-17-15-13-11-9-7-2/h16,18,22-23,44H,6-15,17,19-21,24-43H2,1-5H3/p+1/b18-16-,23-22-. The van der Waals surface area contributed by atoms with Crippen molar-refractivity contribution < 1.29 is 37.3 Å². The van der Waals surface area contributed by atoms with Gasteiger partial charge in [-0.05, 0) is 44.9 Å². The van der Waals surface area contributed by atoms with Crippen LogP contribution in [0.2, 0.25) is 0 Å². The second kappa shape index (κ2) is 38.8. The number of phosphoric ester groups is 1. The highest BCUT2D eigenvalue weighted by atomic mass is 31.2. The van der Waals surface area contributed by atoms with Crippen molar-refractivity contribution in [2.24, 2.45) is 0 Å². The minimum atomic E-state index is -4.27. The van der Waals surface area contributed by atoms with E-state index in [9.17, 15) is 14.3 Å². The van der Waals surface area contributed by atoms with Crippen LogP contribution in [0.15, 0.2) is 24.3 Å². The number of hydrogen-bond acceptors (Lipinski definition) is 6. The Morgan fingerprint density at radius 3 is 1.52 bits per heavy atom. The van der Waals surface area contributed by atoms with Gasteiger partial charge in [0.1, 0.15) is 19.3 Å². The van der Waals surface area contributed by atoms with Gasteiger partial charge in [0.25, 0.3) is 0 Å². The molecule has 0 aromatic heterocycles. The first kappa shape index (κ1) is 53.0. The summed E-state index contributed by atoms with van der Waals surface area (Å²) in [5, 5.41) is 0. The molecular formula is C45H89NO7P+. The SMILES string of the molecule is CCCCCC/C=C\C/C=C\CCCCCCCCCC(=O)OC(COCCCCCCCCCCCCCCCC)COP(=O)(O)OCC[N+](C)(C)C. The number of rotatable bonds is 42. The largest absolute Gasteiger partial charge is 0.472 e. The van der Waals surface area contributed by atoms with E-state index in [1.165, 1.54) is 135 Å². The summed E-state index contributed by atoms with van der Waals surface area (Å²) < 4.78 is 35.0. The molecule has 0 bridgehead atoms. The molecule has 8 nitrogen and oxygen atoms in total. The smallest absolute Gasteiger partial charge is 0.457 e. The summed E-state index contributed by atoms with van der Waals surface area (Å²) in [4.78, 5) is 22.9. The van der Waals surface area contributed by atoms with Gasteiger partial charge in [-0.3, -0.25) is 13.8 Å². The van der Waals surface area contributed by atoms with E-state index in [0.717, 1.165) is 44.9 Å². The predicted molar refractivity (Wildman–Crippen MR) is 229 cm³/mol. The van der Waals surface area contributed by atoms with E-state index < -0.39 is 13.9 Å². The predicted octanol–water partition coefficient (Wildman–Crippen LogP) is 13.2. The van der Waals surface area contributed by atoms with Crippen LogP contribution in [-0.2, 0) is 27.9 Å². The van der Waals surface area contributed by atoms with Crippen LogP contribution in [0.25, 0.3) is 0 Å². The van der Waals surface area contributed by atoms with E-state index in [1.807, 2.05) is 21.1 Å². The third kappa shape index (κ3) is 42.1. The van der Waals surface area contributed by atoms with Gasteiger partial charge in [-0.15, -0.1) is 0 Å². The summed E-state index contributed by atoms with van der Waals surface area (Å²) in [5.41, 5.74) is 0. The molecule has 2 atom stereocenters. The first-order chi connectivity index (χ1) is 26.1. The number of likely N-dealkylation sites (N-methyl/N-ethyl adjacent to an activating group) is 1. The fourth-order valence-electron chi connectivity index (χ4n) is 6.23. The second-order valence-electron chi connectivity index (χ2n) is 16.4. The molecule has 0 aliphatic rings. The maximum atomic E-state index is 12.7. The topological polar surface area (TPSA) is 91.3 Å². The number of ether oxygens (including phenoxy) is 2. The number of carbonyl (C=O) groups is 1. The Labute approximate surface area is 334 Å². The van der Waals surface area contributed by atoms with E-state index in [0.29, 0.717) is 24.1 Å². The lowest BCUT2D eigenvalue weighted by molar-refractivity contribution is -0.870. The molecule has 320 valence electrons. The zero-order chi connectivity index (χ0) is 39.9. The van der Waals surface area contributed by atoms with Crippen LogP contribution >= 0.6 is 7.82 Å². The summed E-state index contributed by atoms with van der Waals surface area (Å²) in [5.74, 6) is -0.319. The van der Waals surface area contributed by atoms with Gasteiger partial charge in [-0.1, -0.05) is 173 Å². The molecule has 0 radical (unpaired) electrons. The van der Waals surface area contributed by atoms with Gasteiger partial charge in [0.15, 0.2) is 0 Å². The van der Waals surface area contributed by atoms with Crippen molar-refractivity contribution in [3.8, 4) is 0 Å². The minimum Gasteiger partial charge on any atom is -0.457 e. The number of phosphoric acid groups is 1. The summed E-state index contributed by atoms with van der Waals surface area (Å²) in [6.45, 7) is 5.63. The van der Waals surface area contributed by atoms with Gasteiger partial charge in [0, 0.05) is 13.0 Å². The maximum absolute atomic E-state index is 12.7. The summed E-state index contributed by atoms with van der Waals surface area (Å²) in [6.07, 6.45) is 43.4. The van der Waals surface area contributed by atoms with Crippen molar-refractivity contribution in [2.45, 2.75) is 206 Å². The fourth-order valence-corrected chi connectivity index (χ4v) is 6.97. The molecule has 2 unspecified atom stereocenters. The Bertz CT molecular complexity index is 920. The number of esters is 1. The lowest BCUT2D eigenvalue weighted by Gasteiger charge is -2.24. The Kier molecular flexibility index (Phi) is 38.1. The lowest BCUT2D eigenvalue weighted by atomic mass is 10.0. The zero-order valence-electron chi connectivity index (χ0n) is 36.2. The minimum absolute atomic E-state index is 0.0889. The average Bonchev–Trinajstić information content (AvgIpc) is 3.12. The van der Waals surface area contributed by atoms with Crippen molar-refractivity contribution in [2.75, 3.05) is 54.1 Å². The molecule has 0 saturated carbocycles. The number of nitrogens with zero attached hydrogens (tertiary/aromatic N) is 1. The number of hydrogen-bond donors (Lipinski definition) is 1. The Balaban J connectivity index is 4.22. The van der Waals surface area contributed by atoms with Crippen molar-refractivity contribution in [1.82, 2.24) is 0 Å². The van der Waals surface area contributed by atoms with Crippen molar-refractivity contribution in [3.63, 3.8) is 0 Å². The summed E-state index contributed by atoms with van der Waals surface area (Å²) >= 11 is 0. The van der Waals surface area contributed by atoms with Crippen LogP contribution in [0.5, 0.6) is 0 Å². The van der Waals surface area contributed by atoms with E-state index >= 15 is 0 Å². The van der Waals surface area contributed by atoms with E-state index in [1.54, 1.807) is 0 Å². The monoisotopic (exact) mass is 787 g/mol. The lowest BCUT2D eigenvalue weighted by Crippen LogP contribution is -2.37. The molecule has 54 heavy (non-hydrogen) atoms.